The molecule has 0 bridgehead atoms. The Morgan fingerprint density at radius 1 is 1.38 bits per heavy atom. The van der Waals surface area contributed by atoms with Crippen LogP contribution in [0.2, 0.25) is 0 Å². The largest absolute Gasteiger partial charge is 0.396 e. The van der Waals surface area contributed by atoms with E-state index in [2.05, 4.69) is 10.2 Å². The second-order valence-electron chi connectivity index (χ2n) is 5.44. The maximum absolute atomic E-state index is 11.7. The van der Waals surface area contributed by atoms with Gasteiger partial charge in [-0.1, -0.05) is 12.1 Å². The highest BCUT2D eigenvalue weighted by atomic mass is 32.2. The molecule has 1 N–H and O–H groups in total. The summed E-state index contributed by atoms with van der Waals surface area (Å²) in [7, 11) is -3.25. The number of aliphatic hydroxyl groups excluding tert-OH is 1. The third-order valence-electron chi connectivity index (χ3n) is 3.82. The summed E-state index contributed by atoms with van der Waals surface area (Å²) >= 11 is 0. The van der Waals surface area contributed by atoms with E-state index in [1.54, 1.807) is 18.2 Å². The third-order valence-corrected chi connectivity index (χ3v) is 4.93. The highest BCUT2D eigenvalue weighted by Crippen LogP contribution is 2.26. The monoisotopic (exact) mass is 307 g/mol. The van der Waals surface area contributed by atoms with Gasteiger partial charge in [0.05, 0.1) is 4.90 Å². The molecule has 1 aliphatic heterocycles. The number of benzene rings is 1. The van der Waals surface area contributed by atoms with Gasteiger partial charge in [-0.3, -0.25) is 0 Å². The van der Waals surface area contributed by atoms with Crippen molar-refractivity contribution in [3.8, 4) is 11.4 Å². The van der Waals surface area contributed by atoms with E-state index in [-0.39, 0.29) is 17.4 Å². The summed E-state index contributed by atoms with van der Waals surface area (Å²) < 4.78 is 25.3. The smallest absolute Gasteiger partial charge is 0.175 e. The minimum atomic E-state index is -3.25. The Labute approximate surface area is 123 Å². The summed E-state index contributed by atoms with van der Waals surface area (Å²) in [6, 6.07) is 6.73. The van der Waals surface area contributed by atoms with Gasteiger partial charge in [0, 0.05) is 37.3 Å². The number of nitrogens with zero attached hydrogens (tertiary/aromatic N) is 3. The molecule has 0 saturated heterocycles. The van der Waals surface area contributed by atoms with Crippen molar-refractivity contribution in [3.05, 3.63) is 30.1 Å². The number of fused-ring (bicyclic) bond motifs is 1. The van der Waals surface area contributed by atoms with E-state index in [9.17, 15) is 13.5 Å². The lowest BCUT2D eigenvalue weighted by atomic mass is 10.00. The van der Waals surface area contributed by atoms with Crippen LogP contribution in [0, 0.1) is 5.92 Å². The summed E-state index contributed by atoms with van der Waals surface area (Å²) in [5.74, 6) is 1.75. The molecule has 2 aromatic rings. The van der Waals surface area contributed by atoms with Crippen LogP contribution >= 0.6 is 0 Å². The lowest BCUT2D eigenvalue weighted by molar-refractivity contribution is 0.191. The van der Waals surface area contributed by atoms with E-state index in [0.29, 0.717) is 12.4 Å². The number of sulfone groups is 1. The number of rotatable bonds is 3. The second kappa shape index (κ2) is 5.23. The predicted octanol–water partition coefficient (Wildman–Crippen LogP) is 0.903. The molecule has 0 radical (unpaired) electrons. The fourth-order valence-corrected chi connectivity index (χ4v) is 3.29. The van der Waals surface area contributed by atoms with Crippen molar-refractivity contribution in [2.24, 2.45) is 5.92 Å². The summed E-state index contributed by atoms with van der Waals surface area (Å²) in [5.41, 5.74) is 0.732. The molecule has 1 unspecified atom stereocenters. The Kier molecular flexibility index (Phi) is 3.54. The Morgan fingerprint density at radius 2 is 2.19 bits per heavy atom. The van der Waals surface area contributed by atoms with Crippen molar-refractivity contribution >= 4 is 9.84 Å². The topological polar surface area (TPSA) is 85.1 Å². The second-order valence-corrected chi connectivity index (χ2v) is 7.45. The first kappa shape index (κ1) is 14.2. The predicted molar refractivity (Wildman–Crippen MR) is 77.5 cm³/mol. The standard InChI is InChI=1S/C14H17N3O3S/c1-21(19,20)12-4-2-3-11(7-12)14-16-15-13-6-5-10(9-18)8-17(13)14/h2-4,7,10,18H,5-6,8-9H2,1H3. The molecule has 7 heteroatoms. The van der Waals surface area contributed by atoms with Gasteiger partial charge in [0.15, 0.2) is 15.7 Å². The van der Waals surface area contributed by atoms with Crippen LogP contribution in [0.15, 0.2) is 29.2 Å². The van der Waals surface area contributed by atoms with Gasteiger partial charge >= 0.3 is 0 Å². The molecule has 6 nitrogen and oxygen atoms in total. The van der Waals surface area contributed by atoms with Crippen LogP contribution in [-0.4, -0.2) is 41.2 Å². The third kappa shape index (κ3) is 2.71. The van der Waals surface area contributed by atoms with E-state index < -0.39 is 9.84 Å². The zero-order valence-corrected chi connectivity index (χ0v) is 12.5. The van der Waals surface area contributed by atoms with Crippen LogP contribution in [0.3, 0.4) is 0 Å². The SMILES string of the molecule is CS(=O)(=O)c1cccc(-c2nnc3n2CC(CO)CC3)c1. The molecule has 1 aliphatic rings. The summed E-state index contributed by atoms with van der Waals surface area (Å²) in [5, 5.41) is 17.7. The van der Waals surface area contributed by atoms with Crippen molar-refractivity contribution in [1.82, 2.24) is 14.8 Å². The lowest BCUT2D eigenvalue weighted by Crippen LogP contribution is -2.23. The minimum absolute atomic E-state index is 0.139. The van der Waals surface area contributed by atoms with Crippen molar-refractivity contribution in [1.29, 1.82) is 0 Å². The average Bonchev–Trinajstić information content (AvgIpc) is 2.89. The molecule has 0 saturated carbocycles. The average molecular weight is 307 g/mol. The fourth-order valence-electron chi connectivity index (χ4n) is 2.62. The van der Waals surface area contributed by atoms with Gasteiger partial charge in [0.1, 0.15) is 5.82 Å². The molecule has 1 aromatic heterocycles. The molecule has 21 heavy (non-hydrogen) atoms. The van der Waals surface area contributed by atoms with E-state index in [4.69, 9.17) is 0 Å². The van der Waals surface area contributed by atoms with Crippen LogP contribution in [0.4, 0.5) is 0 Å². The van der Waals surface area contributed by atoms with Gasteiger partial charge < -0.3 is 9.67 Å². The zero-order valence-electron chi connectivity index (χ0n) is 11.7. The Balaban J connectivity index is 2.05. The van der Waals surface area contributed by atoms with E-state index >= 15 is 0 Å². The van der Waals surface area contributed by atoms with Gasteiger partial charge in [-0.05, 0) is 18.6 Å². The first-order chi connectivity index (χ1) is 9.99. The Bertz CT molecular complexity index is 768. The van der Waals surface area contributed by atoms with Crippen molar-refractivity contribution in [2.45, 2.75) is 24.3 Å². The van der Waals surface area contributed by atoms with Crippen LogP contribution in [0.25, 0.3) is 11.4 Å². The molecular weight excluding hydrogens is 290 g/mol. The molecule has 1 atom stereocenters. The summed E-state index contributed by atoms with van der Waals surface area (Å²) in [6.45, 7) is 0.803. The quantitative estimate of drug-likeness (QED) is 0.911. The fraction of sp³-hybridized carbons (Fsp3) is 0.429. The van der Waals surface area contributed by atoms with Crippen molar-refractivity contribution in [3.63, 3.8) is 0 Å². The van der Waals surface area contributed by atoms with Crippen molar-refractivity contribution in [2.75, 3.05) is 12.9 Å². The maximum Gasteiger partial charge on any atom is 0.175 e. The van der Waals surface area contributed by atoms with Crippen LogP contribution < -0.4 is 0 Å². The Morgan fingerprint density at radius 3 is 2.90 bits per heavy atom. The normalized spacial score (nSPS) is 18.5. The highest BCUT2D eigenvalue weighted by Gasteiger charge is 2.23. The minimum Gasteiger partial charge on any atom is -0.396 e. The maximum atomic E-state index is 11.7. The zero-order chi connectivity index (χ0) is 15.0. The van der Waals surface area contributed by atoms with Gasteiger partial charge in [0.2, 0.25) is 0 Å². The molecule has 0 spiro atoms. The van der Waals surface area contributed by atoms with E-state index in [0.717, 1.165) is 24.2 Å². The molecule has 1 aromatic carbocycles. The van der Waals surface area contributed by atoms with Gasteiger partial charge in [-0.25, -0.2) is 8.42 Å². The van der Waals surface area contributed by atoms with Gasteiger partial charge in [-0.15, -0.1) is 10.2 Å². The summed E-state index contributed by atoms with van der Waals surface area (Å²) in [4.78, 5) is 0.270. The number of hydrogen-bond acceptors (Lipinski definition) is 5. The number of aryl methyl sites for hydroxylation is 1. The first-order valence-corrected chi connectivity index (χ1v) is 8.71. The van der Waals surface area contributed by atoms with Crippen LogP contribution in [0.1, 0.15) is 12.2 Å². The van der Waals surface area contributed by atoms with E-state index in [1.807, 2.05) is 10.6 Å². The summed E-state index contributed by atoms with van der Waals surface area (Å²) in [6.07, 6.45) is 2.87. The molecule has 0 fully saturated rings. The van der Waals surface area contributed by atoms with Crippen LogP contribution in [0.5, 0.6) is 0 Å². The van der Waals surface area contributed by atoms with Gasteiger partial charge in [0.25, 0.3) is 0 Å². The van der Waals surface area contributed by atoms with Gasteiger partial charge in [-0.2, -0.15) is 0 Å². The highest BCUT2D eigenvalue weighted by molar-refractivity contribution is 7.90. The lowest BCUT2D eigenvalue weighted by Gasteiger charge is -2.22. The number of aromatic nitrogens is 3. The Hall–Kier alpha value is -1.73. The number of aliphatic hydroxyl groups is 1. The molecular formula is C14H17N3O3S. The van der Waals surface area contributed by atoms with E-state index in [1.165, 1.54) is 6.26 Å². The van der Waals surface area contributed by atoms with Crippen molar-refractivity contribution < 1.29 is 13.5 Å². The molecule has 2 heterocycles. The van der Waals surface area contributed by atoms with Crippen LogP contribution in [-0.2, 0) is 22.8 Å². The molecule has 0 amide bonds. The molecule has 3 rings (SSSR count). The number of hydrogen-bond donors (Lipinski definition) is 1. The molecule has 112 valence electrons. The molecule has 0 aliphatic carbocycles. The first-order valence-electron chi connectivity index (χ1n) is 6.82.